The van der Waals surface area contributed by atoms with Crippen molar-refractivity contribution in [3.8, 4) is 5.75 Å². The molecule has 1 N–H and O–H groups in total. The molecule has 1 aromatic heterocycles. The van der Waals surface area contributed by atoms with Crippen LogP contribution < -0.4 is 10.2 Å². The Bertz CT molecular complexity index is 1250. The van der Waals surface area contributed by atoms with Gasteiger partial charge in [0.1, 0.15) is 17.5 Å². The normalized spacial score (nSPS) is 11.0. The molecule has 154 valence electrons. The number of aryl methyl sites for hydroxylation is 1. The summed E-state index contributed by atoms with van der Waals surface area (Å²) in [6.07, 6.45) is 3.12. The van der Waals surface area contributed by atoms with E-state index >= 15 is 0 Å². The molecule has 0 fully saturated rings. The Balaban J connectivity index is 1.59. The summed E-state index contributed by atoms with van der Waals surface area (Å²) in [6.45, 7) is 2.48. The number of pyridine rings is 1. The van der Waals surface area contributed by atoms with Crippen LogP contribution in [0.3, 0.4) is 0 Å². The minimum atomic E-state index is -0.434. The zero-order chi connectivity index (χ0) is 21.6. The topological polar surface area (TPSA) is 63.6 Å². The maximum absolute atomic E-state index is 12.4. The Labute approximate surface area is 185 Å². The van der Waals surface area contributed by atoms with Gasteiger partial charge >= 0.3 is 0 Å². The van der Waals surface area contributed by atoms with E-state index in [-0.39, 0.29) is 10.7 Å². The van der Waals surface area contributed by atoms with Crippen LogP contribution in [0.4, 0.5) is 0 Å². The molecule has 0 unspecified atom stereocenters. The highest BCUT2D eigenvalue weighted by Gasteiger charge is 2.11. The highest BCUT2D eigenvalue weighted by atomic mass is 35.5. The fourth-order valence-electron chi connectivity index (χ4n) is 3.15. The van der Waals surface area contributed by atoms with Crippen molar-refractivity contribution in [2.45, 2.75) is 13.5 Å². The Morgan fingerprint density at radius 2 is 1.87 bits per heavy atom. The van der Waals surface area contributed by atoms with Crippen molar-refractivity contribution >= 4 is 34.5 Å². The van der Waals surface area contributed by atoms with Crippen molar-refractivity contribution in [2.75, 3.05) is 0 Å². The number of nitrogens with zero attached hydrogens (tertiary/aromatic N) is 2. The van der Waals surface area contributed by atoms with Gasteiger partial charge in [-0.2, -0.15) is 5.10 Å². The SMILES string of the molecule is Cc1ccc(COc2ccc3ccccc3c2C=NNC(=O)c2cccnc2Cl)cc1. The van der Waals surface area contributed by atoms with Crippen LogP contribution >= 0.6 is 11.6 Å². The number of hydrogen-bond acceptors (Lipinski definition) is 4. The van der Waals surface area contributed by atoms with Crippen LogP contribution in [0.5, 0.6) is 5.75 Å². The van der Waals surface area contributed by atoms with Gasteiger partial charge < -0.3 is 4.74 Å². The van der Waals surface area contributed by atoms with E-state index in [1.807, 2.05) is 48.5 Å². The summed E-state index contributed by atoms with van der Waals surface area (Å²) in [5, 5.41) is 6.30. The van der Waals surface area contributed by atoms with Gasteiger partial charge in [0.25, 0.3) is 5.91 Å². The van der Waals surface area contributed by atoms with Crippen LogP contribution in [0.2, 0.25) is 5.15 Å². The van der Waals surface area contributed by atoms with Crippen LogP contribution in [-0.4, -0.2) is 17.1 Å². The van der Waals surface area contributed by atoms with E-state index in [4.69, 9.17) is 16.3 Å². The Morgan fingerprint density at radius 3 is 2.68 bits per heavy atom. The summed E-state index contributed by atoms with van der Waals surface area (Å²) >= 11 is 5.98. The number of rotatable bonds is 6. The van der Waals surface area contributed by atoms with Crippen molar-refractivity contribution in [1.82, 2.24) is 10.4 Å². The maximum Gasteiger partial charge on any atom is 0.274 e. The first-order valence-corrected chi connectivity index (χ1v) is 10.1. The van der Waals surface area contributed by atoms with Crippen LogP contribution in [0.25, 0.3) is 10.8 Å². The fraction of sp³-hybridized carbons (Fsp3) is 0.0800. The average molecular weight is 430 g/mol. The second-order valence-corrected chi connectivity index (χ2v) is 7.37. The molecule has 0 saturated heterocycles. The largest absolute Gasteiger partial charge is 0.488 e. The molecule has 0 atom stereocenters. The monoisotopic (exact) mass is 429 g/mol. The third-order valence-corrected chi connectivity index (χ3v) is 5.11. The van der Waals surface area contributed by atoms with Gasteiger partial charge in [0.15, 0.2) is 0 Å². The highest BCUT2D eigenvalue weighted by Crippen LogP contribution is 2.27. The Hall–Kier alpha value is -3.70. The number of aromatic nitrogens is 1. The molecule has 0 aliphatic rings. The lowest BCUT2D eigenvalue weighted by Gasteiger charge is -2.12. The van der Waals surface area contributed by atoms with E-state index in [0.717, 1.165) is 21.9 Å². The number of halogens is 1. The van der Waals surface area contributed by atoms with E-state index in [0.29, 0.717) is 12.4 Å². The summed E-state index contributed by atoms with van der Waals surface area (Å²) in [7, 11) is 0. The van der Waals surface area contributed by atoms with Gasteiger partial charge in [0.2, 0.25) is 0 Å². The number of carbonyl (C=O) groups is 1. The van der Waals surface area contributed by atoms with Crippen molar-refractivity contribution in [3.05, 3.63) is 106 Å². The van der Waals surface area contributed by atoms with Gasteiger partial charge in [0.05, 0.1) is 11.8 Å². The van der Waals surface area contributed by atoms with E-state index in [1.54, 1.807) is 18.3 Å². The lowest BCUT2D eigenvalue weighted by Crippen LogP contribution is -2.18. The summed E-state index contributed by atoms with van der Waals surface area (Å²) in [4.78, 5) is 16.3. The Morgan fingerprint density at radius 1 is 1.06 bits per heavy atom. The molecular formula is C25H20ClN3O2. The fourth-order valence-corrected chi connectivity index (χ4v) is 3.36. The van der Waals surface area contributed by atoms with Gasteiger partial charge in [-0.3, -0.25) is 4.79 Å². The third-order valence-electron chi connectivity index (χ3n) is 4.81. The first-order chi connectivity index (χ1) is 15.1. The first-order valence-electron chi connectivity index (χ1n) is 9.76. The van der Waals surface area contributed by atoms with Crippen LogP contribution in [-0.2, 0) is 6.61 Å². The van der Waals surface area contributed by atoms with Crippen molar-refractivity contribution < 1.29 is 9.53 Å². The lowest BCUT2D eigenvalue weighted by molar-refractivity contribution is 0.0955. The van der Waals surface area contributed by atoms with Gasteiger partial charge in [-0.05, 0) is 41.5 Å². The highest BCUT2D eigenvalue weighted by molar-refractivity contribution is 6.32. The molecule has 0 aliphatic heterocycles. The molecule has 0 saturated carbocycles. The quantitative estimate of drug-likeness (QED) is 0.248. The summed E-state index contributed by atoms with van der Waals surface area (Å²) in [6, 6.07) is 23.3. The zero-order valence-electron chi connectivity index (χ0n) is 16.9. The van der Waals surface area contributed by atoms with Crippen molar-refractivity contribution in [2.24, 2.45) is 5.10 Å². The van der Waals surface area contributed by atoms with E-state index in [1.165, 1.54) is 11.8 Å². The molecule has 1 amide bonds. The number of hydrogen-bond donors (Lipinski definition) is 1. The predicted molar refractivity (Wildman–Crippen MR) is 124 cm³/mol. The van der Waals surface area contributed by atoms with Gasteiger partial charge in [-0.15, -0.1) is 0 Å². The van der Waals surface area contributed by atoms with Gasteiger partial charge in [-0.1, -0.05) is 71.8 Å². The first kappa shape index (κ1) is 20.6. The average Bonchev–Trinajstić information content (AvgIpc) is 2.79. The molecule has 0 bridgehead atoms. The standard InChI is InChI=1S/C25H20ClN3O2/c1-17-8-10-18(11-9-17)16-31-23-13-12-19-5-2-3-6-20(19)22(23)15-28-29-25(30)21-7-4-14-27-24(21)26/h2-15H,16H2,1H3,(H,29,30). The van der Waals surface area contributed by atoms with Crippen LogP contribution in [0.15, 0.2) is 84.1 Å². The summed E-state index contributed by atoms with van der Waals surface area (Å²) in [5.74, 6) is 0.244. The smallest absolute Gasteiger partial charge is 0.274 e. The predicted octanol–water partition coefficient (Wildman–Crippen LogP) is 5.54. The molecule has 4 rings (SSSR count). The van der Waals surface area contributed by atoms with Crippen LogP contribution in [0, 0.1) is 6.92 Å². The van der Waals surface area contributed by atoms with Crippen LogP contribution in [0.1, 0.15) is 27.0 Å². The molecular weight excluding hydrogens is 410 g/mol. The number of benzene rings is 3. The number of fused-ring (bicyclic) bond motifs is 1. The molecule has 4 aromatic rings. The maximum atomic E-state index is 12.4. The number of nitrogens with one attached hydrogen (secondary N) is 1. The zero-order valence-corrected chi connectivity index (χ0v) is 17.6. The van der Waals surface area contributed by atoms with Crippen molar-refractivity contribution in [3.63, 3.8) is 0 Å². The number of ether oxygens (including phenoxy) is 1. The molecule has 0 radical (unpaired) electrons. The minimum Gasteiger partial charge on any atom is -0.488 e. The van der Waals surface area contributed by atoms with Crippen molar-refractivity contribution in [1.29, 1.82) is 0 Å². The molecule has 6 heteroatoms. The third kappa shape index (κ3) is 4.90. The lowest BCUT2D eigenvalue weighted by atomic mass is 10.0. The molecule has 3 aromatic carbocycles. The second kappa shape index (κ2) is 9.41. The summed E-state index contributed by atoms with van der Waals surface area (Å²) in [5.41, 5.74) is 5.82. The minimum absolute atomic E-state index is 0.127. The Kier molecular flexibility index (Phi) is 6.24. The van der Waals surface area contributed by atoms with Gasteiger partial charge in [0, 0.05) is 11.8 Å². The van der Waals surface area contributed by atoms with E-state index in [2.05, 4.69) is 34.6 Å². The number of hydrazone groups is 1. The molecule has 1 heterocycles. The van der Waals surface area contributed by atoms with Gasteiger partial charge in [-0.25, -0.2) is 10.4 Å². The molecule has 0 spiro atoms. The summed E-state index contributed by atoms with van der Waals surface area (Å²) < 4.78 is 6.10. The molecule has 5 nitrogen and oxygen atoms in total. The number of amides is 1. The van der Waals surface area contributed by atoms with E-state index < -0.39 is 5.91 Å². The molecule has 31 heavy (non-hydrogen) atoms. The second-order valence-electron chi connectivity index (χ2n) is 7.01. The number of carbonyl (C=O) groups excluding carboxylic acids is 1. The van der Waals surface area contributed by atoms with E-state index in [9.17, 15) is 4.79 Å². The molecule has 0 aliphatic carbocycles.